The summed E-state index contributed by atoms with van der Waals surface area (Å²) in [6, 6.07) is 24.2. The number of hydrogen-bond donors (Lipinski definition) is 1. The molecule has 1 aliphatic heterocycles. The molecule has 8 heteroatoms. The number of nitrogens with zero attached hydrogens (tertiary/aromatic N) is 1. The van der Waals surface area contributed by atoms with E-state index in [0.29, 0.717) is 35.2 Å². The summed E-state index contributed by atoms with van der Waals surface area (Å²) in [5.74, 6) is -0.165. The number of carbonyl (C=O) groups is 3. The molecule has 1 atom stereocenters. The number of methoxy groups -OCH3 is 1. The molecule has 0 aliphatic carbocycles. The summed E-state index contributed by atoms with van der Waals surface area (Å²) in [6.45, 7) is 0.457. The Bertz CT molecular complexity index is 1230. The van der Waals surface area contributed by atoms with Crippen LogP contribution in [0.25, 0.3) is 0 Å². The second-order valence-electron chi connectivity index (χ2n) is 9.03. The number of hydrogen-bond acceptors (Lipinski definition) is 7. The van der Waals surface area contributed by atoms with Crippen molar-refractivity contribution in [2.24, 2.45) is 0 Å². The first-order chi connectivity index (χ1) is 18.4. The molecule has 2 amide bonds. The van der Waals surface area contributed by atoms with Crippen molar-refractivity contribution in [3.8, 4) is 11.5 Å². The average molecular weight is 518 g/mol. The standard InChI is InChI=1S/C30H31NO7/c1-36-25-15-11-23(12-16-25)30(35,22-8-4-2-5-9-22)24-13-17-26(18-14-24)37-21-7-3-6-10-29(34)38-31-27(32)19-20-28(31)33/h2,4-5,8-9,11-18,35H,3,6-7,10,19-21H2,1H3. The minimum Gasteiger partial charge on any atom is -0.497 e. The highest BCUT2D eigenvalue weighted by Gasteiger charge is 2.34. The fourth-order valence-electron chi connectivity index (χ4n) is 4.35. The molecular weight excluding hydrogens is 486 g/mol. The topological polar surface area (TPSA) is 102 Å². The van der Waals surface area contributed by atoms with E-state index in [2.05, 4.69) is 0 Å². The van der Waals surface area contributed by atoms with Crippen LogP contribution < -0.4 is 9.47 Å². The second-order valence-corrected chi connectivity index (χ2v) is 9.03. The lowest BCUT2D eigenvalue weighted by atomic mass is 9.80. The summed E-state index contributed by atoms with van der Waals surface area (Å²) in [5.41, 5.74) is 0.811. The van der Waals surface area contributed by atoms with Gasteiger partial charge >= 0.3 is 5.97 Å². The van der Waals surface area contributed by atoms with E-state index in [1.54, 1.807) is 7.11 Å². The van der Waals surface area contributed by atoms with Crippen molar-refractivity contribution in [3.05, 3.63) is 95.6 Å². The third-order valence-electron chi connectivity index (χ3n) is 6.46. The largest absolute Gasteiger partial charge is 0.497 e. The SMILES string of the molecule is COc1ccc(C(O)(c2ccccc2)c2ccc(OCCCCCC(=O)ON3C(=O)CCC3=O)cc2)cc1. The number of ether oxygens (including phenoxy) is 2. The highest BCUT2D eigenvalue weighted by molar-refractivity contribution is 6.01. The van der Waals surface area contributed by atoms with Crippen molar-refractivity contribution in [1.29, 1.82) is 0 Å². The first kappa shape index (κ1) is 26.9. The number of aliphatic hydroxyl groups is 1. The molecule has 0 radical (unpaired) electrons. The van der Waals surface area contributed by atoms with E-state index in [9.17, 15) is 19.5 Å². The van der Waals surface area contributed by atoms with E-state index in [0.717, 1.165) is 24.0 Å². The van der Waals surface area contributed by atoms with Crippen LogP contribution in [-0.2, 0) is 24.8 Å². The zero-order valence-electron chi connectivity index (χ0n) is 21.3. The highest BCUT2D eigenvalue weighted by Crippen LogP contribution is 2.37. The first-order valence-electron chi connectivity index (χ1n) is 12.6. The molecule has 1 saturated heterocycles. The quantitative estimate of drug-likeness (QED) is 0.214. The zero-order valence-corrected chi connectivity index (χ0v) is 21.3. The maximum Gasteiger partial charge on any atom is 0.333 e. The van der Waals surface area contributed by atoms with Gasteiger partial charge in [-0.25, -0.2) is 4.79 Å². The minimum absolute atomic E-state index is 0.0808. The van der Waals surface area contributed by atoms with Gasteiger partial charge in [0.05, 0.1) is 13.7 Å². The smallest absolute Gasteiger partial charge is 0.333 e. The summed E-state index contributed by atoms with van der Waals surface area (Å²) in [4.78, 5) is 39.7. The van der Waals surface area contributed by atoms with Gasteiger partial charge in [-0.1, -0.05) is 54.6 Å². The molecule has 4 rings (SSSR count). The summed E-state index contributed by atoms with van der Waals surface area (Å²) < 4.78 is 11.1. The summed E-state index contributed by atoms with van der Waals surface area (Å²) in [5, 5.41) is 12.5. The molecule has 198 valence electrons. The molecule has 0 spiro atoms. The van der Waals surface area contributed by atoms with Crippen LogP contribution in [0.3, 0.4) is 0 Å². The monoisotopic (exact) mass is 517 g/mol. The molecule has 8 nitrogen and oxygen atoms in total. The summed E-state index contributed by atoms with van der Waals surface area (Å²) >= 11 is 0. The van der Waals surface area contributed by atoms with Crippen LogP contribution in [0, 0.1) is 0 Å². The third kappa shape index (κ3) is 6.20. The van der Waals surface area contributed by atoms with Gasteiger partial charge in [0.2, 0.25) is 0 Å². The summed E-state index contributed by atoms with van der Waals surface area (Å²) in [7, 11) is 1.60. The number of amides is 2. The molecule has 1 N–H and O–H groups in total. The van der Waals surface area contributed by atoms with Crippen LogP contribution in [0.5, 0.6) is 11.5 Å². The van der Waals surface area contributed by atoms with Gasteiger partial charge in [0, 0.05) is 19.3 Å². The zero-order chi connectivity index (χ0) is 27.0. The van der Waals surface area contributed by atoms with Gasteiger partial charge in [-0.2, -0.15) is 0 Å². The predicted octanol–water partition coefficient (Wildman–Crippen LogP) is 4.53. The van der Waals surface area contributed by atoms with E-state index in [-0.39, 0.29) is 19.3 Å². The lowest BCUT2D eigenvalue weighted by Gasteiger charge is -2.30. The first-order valence-corrected chi connectivity index (χ1v) is 12.6. The van der Waals surface area contributed by atoms with Crippen molar-refractivity contribution in [2.75, 3.05) is 13.7 Å². The lowest BCUT2D eigenvalue weighted by molar-refractivity contribution is -0.197. The Balaban J connectivity index is 1.30. The van der Waals surface area contributed by atoms with Gasteiger partial charge in [0.1, 0.15) is 17.1 Å². The van der Waals surface area contributed by atoms with Crippen LogP contribution >= 0.6 is 0 Å². The molecule has 0 bridgehead atoms. The van der Waals surface area contributed by atoms with E-state index >= 15 is 0 Å². The number of unbranched alkanes of at least 4 members (excludes halogenated alkanes) is 2. The van der Waals surface area contributed by atoms with Crippen LogP contribution in [0.15, 0.2) is 78.9 Å². The number of hydroxylamine groups is 2. The highest BCUT2D eigenvalue weighted by atomic mass is 16.7. The van der Waals surface area contributed by atoms with Gasteiger partial charge in [-0.3, -0.25) is 9.59 Å². The minimum atomic E-state index is -1.36. The molecule has 1 unspecified atom stereocenters. The average Bonchev–Trinajstić information content (AvgIpc) is 3.27. The van der Waals surface area contributed by atoms with Crippen molar-refractivity contribution in [3.63, 3.8) is 0 Å². The fourth-order valence-corrected chi connectivity index (χ4v) is 4.35. The lowest BCUT2D eigenvalue weighted by Crippen LogP contribution is -2.31. The maximum atomic E-state index is 12.0. The Morgan fingerprint density at radius 3 is 1.92 bits per heavy atom. The normalized spacial score (nSPS) is 14.7. The Morgan fingerprint density at radius 1 is 0.789 bits per heavy atom. The number of rotatable bonds is 12. The van der Waals surface area contributed by atoms with Crippen molar-refractivity contribution >= 4 is 17.8 Å². The van der Waals surface area contributed by atoms with Gasteiger partial charge in [0.25, 0.3) is 11.8 Å². The Kier molecular flexibility index (Phi) is 8.76. The van der Waals surface area contributed by atoms with Gasteiger partial charge in [-0.15, -0.1) is 5.06 Å². The molecule has 1 heterocycles. The molecule has 0 aromatic heterocycles. The van der Waals surface area contributed by atoms with Crippen molar-refractivity contribution in [2.45, 2.75) is 44.1 Å². The number of imide groups is 1. The maximum absolute atomic E-state index is 12.0. The van der Waals surface area contributed by atoms with E-state index < -0.39 is 23.4 Å². The fraction of sp³-hybridized carbons (Fsp3) is 0.300. The van der Waals surface area contributed by atoms with Crippen molar-refractivity contribution in [1.82, 2.24) is 5.06 Å². The van der Waals surface area contributed by atoms with E-state index in [1.165, 1.54) is 0 Å². The van der Waals surface area contributed by atoms with E-state index in [4.69, 9.17) is 14.3 Å². The van der Waals surface area contributed by atoms with Gasteiger partial charge < -0.3 is 19.4 Å². The van der Waals surface area contributed by atoms with Crippen molar-refractivity contribution < 1.29 is 33.8 Å². The molecule has 3 aromatic carbocycles. The van der Waals surface area contributed by atoms with Crippen LogP contribution in [0.1, 0.15) is 55.2 Å². The van der Waals surface area contributed by atoms with Crippen LogP contribution in [0.2, 0.25) is 0 Å². The summed E-state index contributed by atoms with van der Waals surface area (Å²) in [6.07, 6.45) is 2.28. The molecule has 0 saturated carbocycles. The Morgan fingerprint density at radius 2 is 1.34 bits per heavy atom. The predicted molar refractivity (Wildman–Crippen MR) is 139 cm³/mol. The molecule has 1 fully saturated rings. The number of carbonyl (C=O) groups excluding carboxylic acids is 3. The number of benzene rings is 3. The van der Waals surface area contributed by atoms with Crippen LogP contribution in [0.4, 0.5) is 0 Å². The molecule has 3 aromatic rings. The molecule has 38 heavy (non-hydrogen) atoms. The molecule has 1 aliphatic rings. The van der Waals surface area contributed by atoms with Gasteiger partial charge in [0.15, 0.2) is 0 Å². The molecular formula is C30H31NO7. The third-order valence-corrected chi connectivity index (χ3v) is 6.46. The van der Waals surface area contributed by atoms with E-state index in [1.807, 2.05) is 78.9 Å². The Labute approximate surface area is 221 Å². The Hall–Kier alpha value is -4.17. The van der Waals surface area contributed by atoms with Gasteiger partial charge in [-0.05, 0) is 60.2 Å². The second kappa shape index (κ2) is 12.4. The van der Waals surface area contributed by atoms with Crippen LogP contribution in [-0.4, -0.2) is 41.7 Å².